The molecule has 1 aromatic rings. The highest BCUT2D eigenvalue weighted by Gasteiger charge is 2.17. The highest BCUT2D eigenvalue weighted by atomic mass is 32.2. The van der Waals surface area contributed by atoms with Crippen molar-refractivity contribution in [3.63, 3.8) is 0 Å². The Bertz CT molecular complexity index is 397. The van der Waals surface area contributed by atoms with E-state index in [1.807, 2.05) is 11.8 Å². The Morgan fingerprint density at radius 3 is 2.67 bits per heavy atom. The van der Waals surface area contributed by atoms with Crippen molar-refractivity contribution in [2.45, 2.75) is 44.8 Å². The van der Waals surface area contributed by atoms with Crippen LogP contribution in [-0.4, -0.2) is 17.0 Å². The van der Waals surface area contributed by atoms with E-state index in [1.54, 1.807) is 0 Å². The number of unbranched alkanes of at least 4 members (excludes halogenated alkanes) is 1. The minimum absolute atomic E-state index is 0.663. The average Bonchev–Trinajstić information content (AvgIpc) is 2.86. The van der Waals surface area contributed by atoms with Crippen molar-refractivity contribution in [2.24, 2.45) is 4.99 Å². The number of hydrogen-bond acceptors (Lipinski definition) is 3. The van der Waals surface area contributed by atoms with Gasteiger partial charge < -0.3 is 5.32 Å². The van der Waals surface area contributed by atoms with E-state index >= 15 is 0 Å². The predicted octanol–water partition coefficient (Wildman–Crippen LogP) is 4.32. The summed E-state index contributed by atoms with van der Waals surface area (Å²) in [4.78, 5) is 4.52. The van der Waals surface area contributed by atoms with Gasteiger partial charge in [-0.25, -0.2) is 0 Å². The molecule has 3 heteroatoms. The fourth-order valence-electron chi connectivity index (χ4n) is 1.96. The van der Waals surface area contributed by atoms with Crippen molar-refractivity contribution < 1.29 is 0 Å². The molecule has 0 fully saturated rings. The minimum Gasteiger partial charge on any atom is -0.335 e. The van der Waals surface area contributed by atoms with Gasteiger partial charge in [-0.1, -0.05) is 44.2 Å². The lowest BCUT2D eigenvalue weighted by Crippen LogP contribution is -2.06. The van der Waals surface area contributed by atoms with Gasteiger partial charge in [0.1, 0.15) is 0 Å². The number of aliphatic imine (C=N–C) groups is 1. The summed E-state index contributed by atoms with van der Waals surface area (Å²) in [5.74, 6) is 0. The lowest BCUT2D eigenvalue weighted by atomic mass is 10.1. The molecule has 1 aliphatic rings. The third-order valence-corrected chi connectivity index (χ3v) is 4.47. The second kappa shape index (κ2) is 6.83. The van der Waals surface area contributed by atoms with Gasteiger partial charge in [-0.15, -0.1) is 0 Å². The first-order chi connectivity index (χ1) is 8.81. The van der Waals surface area contributed by atoms with Crippen LogP contribution >= 0.6 is 11.8 Å². The monoisotopic (exact) mass is 262 g/mol. The van der Waals surface area contributed by atoms with Gasteiger partial charge >= 0.3 is 0 Å². The molecule has 1 unspecified atom stereocenters. The van der Waals surface area contributed by atoms with Crippen LogP contribution in [0.25, 0.3) is 0 Å². The van der Waals surface area contributed by atoms with Gasteiger partial charge in [-0.3, -0.25) is 4.99 Å². The van der Waals surface area contributed by atoms with Crippen LogP contribution in [0.3, 0.4) is 0 Å². The summed E-state index contributed by atoms with van der Waals surface area (Å²) < 4.78 is 0. The quantitative estimate of drug-likeness (QED) is 0.854. The Hall–Kier alpha value is -0.960. The molecular weight excluding hydrogens is 240 g/mol. The number of nitrogens with one attached hydrogen (secondary N) is 1. The molecule has 1 aromatic carbocycles. The van der Waals surface area contributed by atoms with Crippen LogP contribution in [0.2, 0.25) is 0 Å². The number of thioether (sulfide) groups is 1. The van der Waals surface area contributed by atoms with Gasteiger partial charge in [-0.05, 0) is 37.0 Å². The topological polar surface area (TPSA) is 24.4 Å². The van der Waals surface area contributed by atoms with E-state index in [2.05, 4.69) is 48.4 Å². The SMILES string of the molecule is CCCCc1ccc(NC2=NCC(CC)S2)cc1. The second-order valence-electron chi connectivity index (χ2n) is 4.72. The molecule has 1 N–H and O–H groups in total. The number of aryl methyl sites for hydroxylation is 1. The molecule has 1 aliphatic heterocycles. The molecule has 2 rings (SSSR count). The normalized spacial score (nSPS) is 18.8. The number of benzene rings is 1. The van der Waals surface area contributed by atoms with Crippen molar-refractivity contribution in [3.8, 4) is 0 Å². The number of amidine groups is 1. The average molecular weight is 262 g/mol. The summed E-state index contributed by atoms with van der Waals surface area (Å²) in [6.45, 7) is 5.41. The Morgan fingerprint density at radius 2 is 2.06 bits per heavy atom. The summed E-state index contributed by atoms with van der Waals surface area (Å²) in [5, 5.41) is 5.14. The zero-order valence-electron chi connectivity index (χ0n) is 11.3. The molecule has 0 saturated carbocycles. The third kappa shape index (κ3) is 3.77. The maximum absolute atomic E-state index is 4.52. The molecule has 0 radical (unpaired) electrons. The first-order valence-corrected chi connectivity index (χ1v) is 7.76. The molecule has 0 spiro atoms. The van der Waals surface area contributed by atoms with E-state index < -0.39 is 0 Å². The summed E-state index contributed by atoms with van der Waals surface area (Å²) in [5.41, 5.74) is 2.58. The number of nitrogens with zero attached hydrogens (tertiary/aromatic N) is 1. The summed E-state index contributed by atoms with van der Waals surface area (Å²) in [6, 6.07) is 8.76. The van der Waals surface area contributed by atoms with Crippen LogP contribution in [0.1, 0.15) is 38.7 Å². The minimum atomic E-state index is 0.663. The van der Waals surface area contributed by atoms with Crippen LogP contribution in [0, 0.1) is 0 Å². The molecule has 2 nitrogen and oxygen atoms in total. The third-order valence-electron chi connectivity index (χ3n) is 3.20. The van der Waals surface area contributed by atoms with Crippen molar-refractivity contribution in [3.05, 3.63) is 29.8 Å². The molecule has 0 aliphatic carbocycles. The molecular formula is C15H22N2S. The Morgan fingerprint density at radius 1 is 1.28 bits per heavy atom. The van der Waals surface area contributed by atoms with Gasteiger partial charge in [0, 0.05) is 10.9 Å². The molecule has 0 aromatic heterocycles. The van der Waals surface area contributed by atoms with E-state index in [0.29, 0.717) is 5.25 Å². The van der Waals surface area contributed by atoms with Crippen molar-refractivity contribution in [1.29, 1.82) is 0 Å². The van der Waals surface area contributed by atoms with E-state index in [-0.39, 0.29) is 0 Å². The molecule has 1 heterocycles. The van der Waals surface area contributed by atoms with Gasteiger partial charge in [-0.2, -0.15) is 0 Å². The van der Waals surface area contributed by atoms with Crippen LogP contribution in [0.15, 0.2) is 29.3 Å². The highest BCUT2D eigenvalue weighted by molar-refractivity contribution is 8.15. The van der Waals surface area contributed by atoms with E-state index in [4.69, 9.17) is 0 Å². The Balaban J connectivity index is 1.87. The van der Waals surface area contributed by atoms with Crippen LogP contribution in [0.4, 0.5) is 5.69 Å². The summed E-state index contributed by atoms with van der Waals surface area (Å²) in [7, 11) is 0. The fourth-order valence-corrected chi connectivity index (χ4v) is 2.92. The highest BCUT2D eigenvalue weighted by Crippen LogP contribution is 2.24. The first kappa shape index (κ1) is 13.5. The predicted molar refractivity (Wildman–Crippen MR) is 82.6 cm³/mol. The smallest absolute Gasteiger partial charge is 0.161 e. The number of rotatable bonds is 5. The Labute approximate surface area is 114 Å². The standard InChI is InChI=1S/C15H22N2S/c1-3-5-6-12-7-9-13(10-8-12)17-15-16-11-14(4-2)18-15/h7-10,14H,3-6,11H2,1-2H3,(H,16,17). The zero-order valence-corrected chi connectivity index (χ0v) is 12.1. The molecule has 1 atom stereocenters. The maximum Gasteiger partial charge on any atom is 0.161 e. The second-order valence-corrected chi connectivity index (χ2v) is 6.01. The van der Waals surface area contributed by atoms with Crippen molar-refractivity contribution in [2.75, 3.05) is 11.9 Å². The first-order valence-electron chi connectivity index (χ1n) is 6.89. The number of hydrogen-bond donors (Lipinski definition) is 1. The molecule has 0 saturated heterocycles. The van der Waals surface area contributed by atoms with Gasteiger partial charge in [0.15, 0.2) is 5.17 Å². The van der Waals surface area contributed by atoms with Crippen LogP contribution in [0.5, 0.6) is 0 Å². The van der Waals surface area contributed by atoms with E-state index in [9.17, 15) is 0 Å². The molecule has 18 heavy (non-hydrogen) atoms. The summed E-state index contributed by atoms with van der Waals surface area (Å²) >= 11 is 1.86. The van der Waals surface area contributed by atoms with E-state index in [1.165, 1.54) is 31.2 Å². The van der Waals surface area contributed by atoms with Crippen LogP contribution in [-0.2, 0) is 6.42 Å². The maximum atomic E-state index is 4.52. The van der Waals surface area contributed by atoms with Crippen LogP contribution < -0.4 is 5.32 Å². The zero-order chi connectivity index (χ0) is 12.8. The van der Waals surface area contributed by atoms with Crippen molar-refractivity contribution in [1.82, 2.24) is 0 Å². The largest absolute Gasteiger partial charge is 0.335 e. The molecule has 0 bridgehead atoms. The van der Waals surface area contributed by atoms with Crippen molar-refractivity contribution >= 4 is 22.6 Å². The molecule has 0 amide bonds. The number of anilines is 1. The van der Waals surface area contributed by atoms with E-state index in [0.717, 1.165) is 17.4 Å². The van der Waals surface area contributed by atoms with Gasteiger partial charge in [0.2, 0.25) is 0 Å². The molecule has 98 valence electrons. The lowest BCUT2D eigenvalue weighted by molar-refractivity contribution is 0.795. The fraction of sp³-hybridized carbons (Fsp3) is 0.533. The summed E-state index contributed by atoms with van der Waals surface area (Å²) in [6.07, 6.45) is 4.90. The van der Waals surface area contributed by atoms with Gasteiger partial charge in [0.05, 0.1) is 6.54 Å². The Kier molecular flexibility index (Phi) is 5.12. The van der Waals surface area contributed by atoms with Gasteiger partial charge in [0.25, 0.3) is 0 Å². The lowest BCUT2D eigenvalue weighted by Gasteiger charge is -2.08.